The van der Waals surface area contributed by atoms with Crippen LogP contribution in [0.4, 0.5) is 0 Å². The van der Waals surface area contributed by atoms with Crippen LogP contribution >= 0.6 is 0 Å². The van der Waals surface area contributed by atoms with Gasteiger partial charge in [-0.25, -0.2) is 0 Å². The van der Waals surface area contributed by atoms with Crippen molar-refractivity contribution in [3.63, 3.8) is 0 Å². The standard InChI is InChI=1S/C42H28N2/c1-3-11-29(12-4-1)31-19-23-33(24-20-31)43-39-18-10-8-16-37(39)41-40(43)28-27-36-35-15-7-9-17-38(35)44(42(36)41)34-25-21-32(22-26-34)30-13-5-2-6-14-30/h1-28H/i1D,2D,3D,4D,5D,6D,7D,8D,9D,10D,11D,12D,13D,14D,15D,16D,17D,18D,19D,20D,21D,22D,23D,24D,25D,26D,27D,28D. The lowest BCUT2D eigenvalue weighted by Gasteiger charge is -2.11. The lowest BCUT2D eigenvalue weighted by molar-refractivity contribution is 1.17. The fourth-order valence-electron chi connectivity index (χ4n) is 5.10. The van der Waals surface area contributed by atoms with Crippen molar-refractivity contribution in [1.29, 1.82) is 0 Å². The van der Waals surface area contributed by atoms with Gasteiger partial charge in [0.05, 0.1) is 60.4 Å². The van der Waals surface area contributed by atoms with Crippen LogP contribution in [-0.2, 0) is 0 Å². The Morgan fingerprint density at radius 3 is 1.36 bits per heavy atom. The molecule has 0 aliphatic rings. The molecule has 2 aromatic heterocycles. The van der Waals surface area contributed by atoms with Gasteiger partial charge < -0.3 is 9.13 Å². The van der Waals surface area contributed by atoms with Crippen LogP contribution in [0.2, 0.25) is 0 Å². The van der Waals surface area contributed by atoms with Crippen molar-refractivity contribution in [1.82, 2.24) is 9.13 Å². The fraction of sp³-hybridized carbons (Fsp3) is 0. The predicted molar refractivity (Wildman–Crippen MR) is 186 cm³/mol. The molecule has 2 heteroatoms. The van der Waals surface area contributed by atoms with Crippen LogP contribution in [0.15, 0.2) is 169 Å². The Morgan fingerprint density at radius 2 is 0.773 bits per heavy atom. The molecule has 9 aromatic rings. The smallest absolute Gasteiger partial charge is 0.0645 e. The van der Waals surface area contributed by atoms with E-state index in [2.05, 4.69) is 0 Å². The van der Waals surface area contributed by atoms with Gasteiger partial charge in [-0.1, -0.05) is 127 Å². The number of nitrogens with zero attached hydrogens (tertiary/aromatic N) is 2. The minimum absolute atomic E-state index is 0.558. The summed E-state index contributed by atoms with van der Waals surface area (Å²) in [5.41, 5.74) is -7.39. The summed E-state index contributed by atoms with van der Waals surface area (Å²) in [5, 5.41) is -2.30. The topological polar surface area (TPSA) is 9.86 Å². The summed E-state index contributed by atoms with van der Waals surface area (Å²) >= 11 is 0. The predicted octanol–water partition coefficient (Wildman–Crippen LogP) is 11.2. The van der Waals surface area contributed by atoms with E-state index in [1.807, 2.05) is 0 Å². The van der Waals surface area contributed by atoms with Gasteiger partial charge in [-0.15, -0.1) is 0 Å². The highest BCUT2D eigenvalue weighted by molar-refractivity contribution is 6.26. The molecule has 0 amide bonds. The third-order valence-electron chi connectivity index (χ3n) is 6.92. The second kappa shape index (κ2) is 9.86. The van der Waals surface area contributed by atoms with Crippen molar-refractivity contribution in [2.75, 3.05) is 0 Å². The van der Waals surface area contributed by atoms with E-state index in [0.29, 0.717) is 4.57 Å². The maximum Gasteiger partial charge on any atom is 0.0645 e. The zero-order valence-electron chi connectivity index (χ0n) is 49.9. The van der Waals surface area contributed by atoms with Gasteiger partial charge in [-0.3, -0.25) is 0 Å². The lowest BCUT2D eigenvalue weighted by Crippen LogP contribution is -1.95. The summed E-state index contributed by atoms with van der Waals surface area (Å²) in [6.45, 7) is 0. The summed E-state index contributed by atoms with van der Waals surface area (Å²) < 4.78 is 250. The van der Waals surface area contributed by atoms with Crippen LogP contribution in [0.25, 0.3) is 77.2 Å². The van der Waals surface area contributed by atoms with Gasteiger partial charge in [0, 0.05) is 32.9 Å². The molecule has 44 heavy (non-hydrogen) atoms. The minimum atomic E-state index is -1.06. The number of rotatable bonds is 4. The van der Waals surface area contributed by atoms with Crippen LogP contribution in [0.5, 0.6) is 0 Å². The van der Waals surface area contributed by atoms with Gasteiger partial charge in [0.1, 0.15) is 0 Å². The maximum atomic E-state index is 9.60. The zero-order valence-corrected chi connectivity index (χ0v) is 21.9. The summed E-state index contributed by atoms with van der Waals surface area (Å²) in [6, 6.07) is -26.3. The molecule has 0 radical (unpaired) electrons. The molecule has 0 unspecified atom stereocenters. The first-order valence-corrected chi connectivity index (χ1v) is 12.8. The van der Waals surface area contributed by atoms with Crippen molar-refractivity contribution >= 4 is 43.6 Å². The largest absolute Gasteiger partial charge is 0.309 e. The molecule has 0 saturated carbocycles. The highest BCUT2D eigenvalue weighted by Gasteiger charge is 2.20. The average molecular weight is 589 g/mol. The fourth-order valence-corrected chi connectivity index (χ4v) is 5.10. The molecule has 0 bridgehead atoms. The highest BCUT2D eigenvalue weighted by atomic mass is 15.0. The van der Waals surface area contributed by atoms with Gasteiger partial charge in [0.25, 0.3) is 0 Å². The van der Waals surface area contributed by atoms with Crippen LogP contribution < -0.4 is 0 Å². The van der Waals surface area contributed by atoms with E-state index in [4.69, 9.17) is 23.3 Å². The number of hydrogen-bond donors (Lipinski definition) is 0. The van der Waals surface area contributed by atoms with E-state index in [1.54, 1.807) is 0 Å². The van der Waals surface area contributed by atoms with Crippen LogP contribution in [0.1, 0.15) is 38.4 Å². The highest BCUT2D eigenvalue weighted by Crippen LogP contribution is 2.42. The number of hydrogen-bond acceptors (Lipinski definition) is 0. The quantitative estimate of drug-likeness (QED) is 0.193. The van der Waals surface area contributed by atoms with Crippen molar-refractivity contribution in [2.45, 2.75) is 0 Å². The molecule has 0 aliphatic heterocycles. The molecule has 0 spiro atoms. The first-order chi connectivity index (χ1) is 33.5. The molecule has 9 rings (SSSR count). The van der Waals surface area contributed by atoms with E-state index >= 15 is 0 Å². The second-order valence-electron chi connectivity index (χ2n) is 9.26. The zero-order chi connectivity index (χ0) is 53.4. The molecule has 2 heterocycles. The number of benzene rings is 7. The first-order valence-electron chi connectivity index (χ1n) is 26.8. The molecular formula is C42H28N2. The SMILES string of the molecule is [2H]c1c([2H])c([2H])c(-c2c([2H])c([2H])c(-n3c4c([2H])c([2H])c([2H])c([2H])c4c4c3c([2H])c([2H])c3c5c([2H])c([2H])c([2H])c([2H])c5n(-c5c([2H])c([2H])c(-c6c([2H])c([2H])c([2H])c([2H])c6[2H])c([2H])c5[2H])c34)c([2H])c2[2H])c([2H])c1[2H]. The third kappa shape index (κ3) is 3.75. The molecular weight excluding hydrogens is 532 g/mol. The Hall–Kier alpha value is -5.86. The summed E-state index contributed by atoms with van der Waals surface area (Å²) in [4.78, 5) is 0. The van der Waals surface area contributed by atoms with Crippen molar-refractivity contribution < 1.29 is 38.4 Å². The average Bonchev–Trinajstić information content (AvgIpc) is 3.88. The van der Waals surface area contributed by atoms with Gasteiger partial charge in [-0.05, 0) is 64.6 Å². The molecule has 0 fully saturated rings. The minimum Gasteiger partial charge on any atom is -0.309 e. The van der Waals surface area contributed by atoms with Crippen LogP contribution in [0.3, 0.4) is 0 Å². The Balaban J connectivity index is 1.59. The van der Waals surface area contributed by atoms with Crippen LogP contribution in [0, 0.1) is 0 Å². The summed E-state index contributed by atoms with van der Waals surface area (Å²) in [6.07, 6.45) is 0. The Bertz CT molecular complexity index is 3960. The molecule has 0 atom stereocenters. The van der Waals surface area contributed by atoms with Crippen LogP contribution in [-0.4, -0.2) is 9.13 Å². The molecule has 0 aliphatic carbocycles. The number of para-hydroxylation sites is 2. The molecule has 7 aromatic carbocycles. The summed E-state index contributed by atoms with van der Waals surface area (Å²) in [5.74, 6) is 0. The number of fused-ring (bicyclic) bond motifs is 7. The third-order valence-corrected chi connectivity index (χ3v) is 6.92. The van der Waals surface area contributed by atoms with E-state index in [9.17, 15) is 15.1 Å². The number of aromatic nitrogens is 2. The molecule has 0 N–H and O–H groups in total. The van der Waals surface area contributed by atoms with E-state index in [0.717, 1.165) is 4.57 Å². The van der Waals surface area contributed by atoms with Crippen molar-refractivity contribution in [2.24, 2.45) is 0 Å². The van der Waals surface area contributed by atoms with Gasteiger partial charge >= 0.3 is 0 Å². The monoisotopic (exact) mass is 588 g/mol. The van der Waals surface area contributed by atoms with E-state index < -0.39 is 246 Å². The maximum absolute atomic E-state index is 9.60. The molecule has 2 nitrogen and oxygen atoms in total. The first kappa shape index (κ1) is 9.57. The Kier molecular flexibility index (Phi) is 2.14. The Labute approximate surface area is 295 Å². The van der Waals surface area contributed by atoms with Gasteiger partial charge in [0.2, 0.25) is 0 Å². The summed E-state index contributed by atoms with van der Waals surface area (Å²) in [7, 11) is 0. The van der Waals surface area contributed by atoms with Gasteiger partial charge in [0.15, 0.2) is 0 Å². The van der Waals surface area contributed by atoms with Crippen molar-refractivity contribution in [3.05, 3.63) is 169 Å². The lowest BCUT2D eigenvalue weighted by atomic mass is 10.1. The Morgan fingerprint density at radius 1 is 0.318 bits per heavy atom. The van der Waals surface area contributed by atoms with E-state index in [1.165, 1.54) is 0 Å². The molecule has 0 saturated heterocycles. The second-order valence-corrected chi connectivity index (χ2v) is 9.26. The van der Waals surface area contributed by atoms with E-state index in [-0.39, 0.29) is 0 Å². The van der Waals surface area contributed by atoms with Crippen molar-refractivity contribution in [3.8, 4) is 33.6 Å². The normalized spacial score (nSPS) is 20.5. The molecule has 206 valence electrons. The van der Waals surface area contributed by atoms with Gasteiger partial charge in [-0.2, -0.15) is 0 Å².